The van der Waals surface area contributed by atoms with Crippen LogP contribution in [-0.2, 0) is 22.2 Å². The minimum Gasteiger partial charge on any atom is -0.274 e. The summed E-state index contributed by atoms with van der Waals surface area (Å²) in [7, 11) is 2.47. The van der Waals surface area contributed by atoms with Crippen molar-refractivity contribution in [3.63, 3.8) is 0 Å². The molecule has 0 N–H and O–H groups in total. The summed E-state index contributed by atoms with van der Waals surface area (Å²) in [5, 5.41) is 0.740. The van der Waals surface area contributed by atoms with E-state index in [-0.39, 0.29) is 6.42 Å². The third-order valence-corrected chi connectivity index (χ3v) is 2.82. The van der Waals surface area contributed by atoms with Crippen molar-refractivity contribution in [2.75, 3.05) is 14.2 Å². The maximum atomic E-state index is 14.2. The van der Waals surface area contributed by atoms with Gasteiger partial charge in [-0.2, -0.15) is 13.2 Å². The van der Waals surface area contributed by atoms with Crippen LogP contribution < -0.4 is 0 Å². The maximum absolute atomic E-state index is 14.2. The van der Waals surface area contributed by atoms with Crippen molar-refractivity contribution in [2.24, 2.45) is 0 Å². The molecule has 0 aromatic heterocycles. The first kappa shape index (κ1) is 16.4. The molecule has 0 fully saturated rings. The third-order valence-electron chi connectivity index (χ3n) is 2.82. The van der Waals surface area contributed by atoms with E-state index in [1.165, 1.54) is 14.2 Å². The molecule has 0 aliphatic carbocycles. The van der Waals surface area contributed by atoms with E-state index >= 15 is 0 Å². The minimum atomic E-state index is -4.44. The van der Waals surface area contributed by atoms with E-state index in [0.717, 1.165) is 36.3 Å². The van der Waals surface area contributed by atoms with Gasteiger partial charge in [0, 0.05) is 13.5 Å². The van der Waals surface area contributed by atoms with Crippen molar-refractivity contribution in [1.29, 1.82) is 0 Å². The maximum Gasteiger partial charge on any atom is 0.416 e. The molecule has 0 heterocycles. The summed E-state index contributed by atoms with van der Waals surface area (Å²) >= 11 is 0. The summed E-state index contributed by atoms with van der Waals surface area (Å²) in [5.41, 5.74) is -2.78. The second-order valence-electron chi connectivity index (χ2n) is 4.55. The molecule has 1 atom stereocenters. The van der Waals surface area contributed by atoms with Crippen LogP contribution in [0.15, 0.2) is 24.3 Å². The quantitative estimate of drug-likeness (QED) is 0.631. The van der Waals surface area contributed by atoms with Crippen LogP contribution in [0, 0.1) is 0 Å². The highest BCUT2D eigenvalue weighted by atomic mass is 19.4. The topological polar surface area (TPSA) is 29.5 Å². The van der Waals surface area contributed by atoms with Crippen molar-refractivity contribution >= 4 is 5.91 Å². The predicted molar refractivity (Wildman–Crippen MR) is 64.4 cm³/mol. The van der Waals surface area contributed by atoms with Gasteiger partial charge >= 0.3 is 6.18 Å². The van der Waals surface area contributed by atoms with Gasteiger partial charge in [0.2, 0.25) is 0 Å². The van der Waals surface area contributed by atoms with Crippen LogP contribution in [-0.4, -0.2) is 30.8 Å². The summed E-state index contributed by atoms with van der Waals surface area (Å²) in [6.45, 7) is 1.06. The number of hydroxylamine groups is 2. The van der Waals surface area contributed by atoms with E-state index in [0.29, 0.717) is 5.56 Å². The number of hydrogen-bond donors (Lipinski definition) is 0. The number of carbonyl (C=O) groups is 1. The van der Waals surface area contributed by atoms with Crippen molar-refractivity contribution in [3.8, 4) is 0 Å². The fraction of sp³-hybridized carbons (Fsp3) is 0.462. The van der Waals surface area contributed by atoms with Gasteiger partial charge in [0.05, 0.1) is 12.7 Å². The average molecular weight is 293 g/mol. The first-order valence-electron chi connectivity index (χ1n) is 5.75. The van der Waals surface area contributed by atoms with Gasteiger partial charge in [-0.15, -0.1) is 0 Å². The van der Waals surface area contributed by atoms with Crippen molar-refractivity contribution in [3.05, 3.63) is 35.4 Å². The number of nitrogens with zero attached hydrogens (tertiary/aromatic N) is 1. The van der Waals surface area contributed by atoms with Gasteiger partial charge in [0.25, 0.3) is 5.91 Å². The number of hydrogen-bond acceptors (Lipinski definition) is 2. The van der Waals surface area contributed by atoms with Crippen molar-refractivity contribution < 1.29 is 27.2 Å². The second-order valence-corrected chi connectivity index (χ2v) is 4.55. The Labute approximate surface area is 114 Å². The van der Waals surface area contributed by atoms with Gasteiger partial charge in [-0.25, -0.2) is 9.45 Å². The Kier molecular flexibility index (Phi) is 4.75. The Bertz CT molecular complexity index is 468. The zero-order chi connectivity index (χ0) is 15.6. The van der Waals surface area contributed by atoms with E-state index in [1.807, 2.05) is 0 Å². The number of halogens is 4. The molecule has 1 aromatic carbocycles. The fourth-order valence-corrected chi connectivity index (χ4v) is 1.68. The highest BCUT2D eigenvalue weighted by Gasteiger charge is 2.36. The van der Waals surface area contributed by atoms with Crippen LogP contribution in [0.3, 0.4) is 0 Å². The van der Waals surface area contributed by atoms with Gasteiger partial charge < -0.3 is 0 Å². The van der Waals surface area contributed by atoms with E-state index in [1.54, 1.807) is 0 Å². The number of carbonyl (C=O) groups excluding carboxylic acids is 1. The van der Waals surface area contributed by atoms with Crippen molar-refractivity contribution in [1.82, 2.24) is 5.06 Å². The lowest BCUT2D eigenvalue weighted by molar-refractivity contribution is -0.180. The van der Waals surface area contributed by atoms with E-state index in [2.05, 4.69) is 4.84 Å². The Morgan fingerprint density at radius 3 is 2.10 bits per heavy atom. The molecule has 0 radical (unpaired) electrons. The molecule has 1 aromatic rings. The predicted octanol–water partition coefficient (Wildman–Crippen LogP) is 3.00. The van der Waals surface area contributed by atoms with Gasteiger partial charge in [-0.05, 0) is 24.6 Å². The lowest BCUT2D eigenvalue weighted by atomic mass is 9.96. The summed E-state index contributed by atoms with van der Waals surface area (Å²) in [4.78, 5) is 16.3. The van der Waals surface area contributed by atoms with E-state index in [4.69, 9.17) is 0 Å². The molecule has 1 amide bonds. The average Bonchev–Trinajstić information content (AvgIpc) is 2.36. The largest absolute Gasteiger partial charge is 0.416 e. The lowest BCUT2D eigenvalue weighted by Crippen LogP contribution is -2.43. The third kappa shape index (κ3) is 3.93. The first-order valence-corrected chi connectivity index (χ1v) is 5.75. The van der Waals surface area contributed by atoms with Gasteiger partial charge in [-0.3, -0.25) is 9.63 Å². The van der Waals surface area contributed by atoms with Crippen LogP contribution in [0.4, 0.5) is 17.6 Å². The Morgan fingerprint density at radius 2 is 1.70 bits per heavy atom. The minimum absolute atomic E-state index is 0.292. The number of amides is 1. The smallest absolute Gasteiger partial charge is 0.274 e. The molecule has 3 nitrogen and oxygen atoms in total. The fourth-order valence-electron chi connectivity index (χ4n) is 1.68. The monoisotopic (exact) mass is 293 g/mol. The molecule has 0 aliphatic heterocycles. The molecule has 112 valence electrons. The van der Waals surface area contributed by atoms with Gasteiger partial charge in [-0.1, -0.05) is 12.1 Å². The van der Waals surface area contributed by atoms with Crippen LogP contribution in [0.25, 0.3) is 0 Å². The molecule has 0 saturated carbocycles. The molecular formula is C13H15F4NO2. The van der Waals surface area contributed by atoms with Crippen LogP contribution in [0.2, 0.25) is 0 Å². The van der Waals surface area contributed by atoms with Crippen LogP contribution in [0.1, 0.15) is 18.1 Å². The van der Waals surface area contributed by atoms with E-state index in [9.17, 15) is 22.4 Å². The number of benzene rings is 1. The molecule has 1 rings (SSSR count). The number of alkyl halides is 4. The molecular weight excluding hydrogens is 278 g/mol. The molecule has 0 bridgehead atoms. The van der Waals surface area contributed by atoms with Crippen LogP contribution in [0.5, 0.6) is 0 Å². The molecule has 20 heavy (non-hydrogen) atoms. The molecule has 0 aliphatic rings. The van der Waals surface area contributed by atoms with Gasteiger partial charge in [0.15, 0.2) is 5.67 Å². The standard InChI is InChI=1S/C13H15F4NO2/c1-12(14,11(19)18(2)20-3)8-9-4-6-10(7-5-9)13(15,16)17/h4-7H,8H2,1-3H3. The summed E-state index contributed by atoms with van der Waals surface area (Å²) in [6, 6.07) is 4.02. The second kappa shape index (κ2) is 5.78. The SMILES string of the molecule is CON(C)C(=O)C(C)(F)Cc1ccc(C(F)(F)F)cc1. The normalized spacial score (nSPS) is 14.8. The van der Waals surface area contributed by atoms with Gasteiger partial charge in [0.1, 0.15) is 0 Å². The number of rotatable bonds is 4. The summed E-state index contributed by atoms with van der Waals surface area (Å²) in [5.74, 6) is -0.903. The molecule has 0 spiro atoms. The Morgan fingerprint density at radius 1 is 1.20 bits per heavy atom. The highest BCUT2D eigenvalue weighted by molar-refractivity contribution is 5.84. The molecule has 7 heteroatoms. The summed E-state index contributed by atoms with van der Waals surface area (Å²) in [6.07, 6.45) is -4.78. The lowest BCUT2D eigenvalue weighted by Gasteiger charge is -2.24. The van der Waals surface area contributed by atoms with Crippen molar-refractivity contribution in [2.45, 2.75) is 25.2 Å². The van der Waals surface area contributed by atoms with E-state index < -0.39 is 23.3 Å². The molecule has 0 saturated heterocycles. The molecule has 1 unspecified atom stereocenters. The Balaban J connectivity index is 2.85. The zero-order valence-corrected chi connectivity index (χ0v) is 11.3. The Hall–Kier alpha value is -1.63. The highest BCUT2D eigenvalue weighted by Crippen LogP contribution is 2.30. The summed E-state index contributed by atoms with van der Waals surface area (Å²) < 4.78 is 51.4. The zero-order valence-electron chi connectivity index (χ0n) is 11.3. The van der Waals surface area contributed by atoms with Crippen LogP contribution >= 0.6 is 0 Å². The first-order chi connectivity index (χ1) is 9.08.